The molecule has 41 heavy (non-hydrogen) atoms. The van der Waals surface area contributed by atoms with Crippen LogP contribution in [0.15, 0.2) is 95.5 Å². The molecule has 0 radical (unpaired) electrons. The highest BCUT2D eigenvalue weighted by atomic mass is 16.6. The lowest BCUT2D eigenvalue weighted by atomic mass is 9.80. The molecule has 0 amide bonds. The smallest absolute Gasteiger partial charge is 0.337 e. The highest BCUT2D eigenvalue weighted by Crippen LogP contribution is 2.40. The second kappa shape index (κ2) is 12.6. The van der Waals surface area contributed by atoms with E-state index in [-0.39, 0.29) is 16.8 Å². The fourth-order valence-electron chi connectivity index (χ4n) is 5.23. The van der Waals surface area contributed by atoms with E-state index in [2.05, 4.69) is 10.2 Å². The minimum absolute atomic E-state index is 0.155. The summed E-state index contributed by atoms with van der Waals surface area (Å²) in [5, 5.41) is 14.7. The Hall–Kier alpha value is -4.70. The predicted octanol–water partition coefficient (Wildman–Crippen LogP) is 4.76. The summed E-state index contributed by atoms with van der Waals surface area (Å²) in [4.78, 5) is 40.2. The quantitative estimate of drug-likeness (QED) is 0.215. The average molecular weight is 559 g/mol. The van der Waals surface area contributed by atoms with Crippen molar-refractivity contribution in [2.24, 2.45) is 7.05 Å². The molecular weight excluding hydrogens is 524 g/mol. The zero-order valence-electron chi connectivity index (χ0n) is 23.8. The first-order valence-corrected chi connectivity index (χ1v) is 13.2. The molecule has 0 saturated heterocycles. The second-order valence-electron chi connectivity index (χ2n) is 10.1. The number of nitrogens with zero attached hydrogens (tertiary/aromatic N) is 3. The van der Waals surface area contributed by atoms with Gasteiger partial charge >= 0.3 is 11.9 Å². The van der Waals surface area contributed by atoms with Crippen molar-refractivity contribution in [3.63, 3.8) is 0 Å². The van der Waals surface area contributed by atoms with E-state index < -0.39 is 28.9 Å². The maximum absolute atomic E-state index is 14.1. The van der Waals surface area contributed by atoms with E-state index in [0.717, 1.165) is 11.3 Å². The molecule has 214 valence electrons. The molecule has 0 fully saturated rings. The molecule has 1 aliphatic heterocycles. The number of allylic oxidation sites excluding steroid dienone is 2. The molecule has 2 aromatic carbocycles. The summed E-state index contributed by atoms with van der Waals surface area (Å²) in [7, 11) is 5.09. The molecule has 0 aliphatic carbocycles. The Morgan fingerprint density at radius 2 is 1.71 bits per heavy atom. The van der Waals surface area contributed by atoms with Crippen molar-refractivity contribution >= 4 is 17.6 Å². The van der Waals surface area contributed by atoms with Crippen LogP contribution in [-0.2, 0) is 32.7 Å². The van der Waals surface area contributed by atoms with Crippen LogP contribution in [0.5, 0.6) is 0 Å². The van der Waals surface area contributed by atoms with Crippen molar-refractivity contribution in [1.82, 2.24) is 14.8 Å². The number of methoxy groups -OCH3 is 1. The van der Waals surface area contributed by atoms with Gasteiger partial charge in [0.05, 0.1) is 34.8 Å². The van der Waals surface area contributed by atoms with Crippen LogP contribution in [0.3, 0.4) is 0 Å². The monoisotopic (exact) mass is 558 g/mol. The van der Waals surface area contributed by atoms with Crippen LogP contribution >= 0.6 is 0 Å². The maximum atomic E-state index is 14.1. The number of nitro benzene ring substituents is 1. The molecule has 2 unspecified atom stereocenters. The van der Waals surface area contributed by atoms with Crippen molar-refractivity contribution < 1.29 is 24.0 Å². The fourth-order valence-corrected chi connectivity index (χ4v) is 5.23. The van der Waals surface area contributed by atoms with Crippen LogP contribution in [0.4, 0.5) is 5.69 Å². The van der Waals surface area contributed by atoms with Crippen molar-refractivity contribution in [3.05, 3.63) is 122 Å². The van der Waals surface area contributed by atoms with Crippen molar-refractivity contribution in [1.29, 1.82) is 0 Å². The molecule has 4 rings (SSSR count). The molecule has 1 aromatic heterocycles. The number of likely N-dealkylation sites (N-methyl/N-ethyl adjacent to an activating group) is 1. The van der Waals surface area contributed by atoms with Gasteiger partial charge in [0.2, 0.25) is 0 Å². The van der Waals surface area contributed by atoms with Crippen LogP contribution in [0.1, 0.15) is 42.7 Å². The number of aromatic nitrogens is 1. The number of benzene rings is 2. The van der Waals surface area contributed by atoms with Gasteiger partial charge in [-0.15, -0.1) is 0 Å². The van der Waals surface area contributed by atoms with Crippen LogP contribution in [0.2, 0.25) is 0 Å². The van der Waals surface area contributed by atoms with Crippen LogP contribution in [-0.4, -0.2) is 47.0 Å². The lowest BCUT2D eigenvalue weighted by Crippen LogP contribution is -2.34. The number of rotatable bonds is 10. The Balaban J connectivity index is 1.72. The number of nitrogens with one attached hydrogen (secondary N) is 1. The minimum atomic E-state index is -0.938. The zero-order valence-corrected chi connectivity index (χ0v) is 23.8. The molecule has 2 atom stereocenters. The minimum Gasteiger partial charge on any atom is -0.466 e. The van der Waals surface area contributed by atoms with E-state index in [9.17, 15) is 19.7 Å². The van der Waals surface area contributed by atoms with E-state index >= 15 is 0 Å². The van der Waals surface area contributed by atoms with Gasteiger partial charge in [-0.2, -0.15) is 0 Å². The molecule has 10 heteroatoms. The van der Waals surface area contributed by atoms with Gasteiger partial charge in [0.15, 0.2) is 6.10 Å². The van der Waals surface area contributed by atoms with Crippen LogP contribution < -0.4 is 5.32 Å². The topological polar surface area (TPSA) is 116 Å². The van der Waals surface area contributed by atoms with Gasteiger partial charge in [0.25, 0.3) is 5.69 Å². The summed E-state index contributed by atoms with van der Waals surface area (Å²) < 4.78 is 13.2. The van der Waals surface area contributed by atoms with Gasteiger partial charge in [-0.3, -0.25) is 15.0 Å². The number of carbonyl (C=O) groups excluding carboxylic acids is 2. The van der Waals surface area contributed by atoms with Crippen molar-refractivity contribution in [2.45, 2.75) is 32.4 Å². The Morgan fingerprint density at radius 3 is 2.32 bits per heavy atom. The van der Waals surface area contributed by atoms with Gasteiger partial charge in [-0.05, 0) is 44.2 Å². The Labute approximate surface area is 239 Å². The molecule has 0 saturated carbocycles. The van der Waals surface area contributed by atoms with Gasteiger partial charge in [0.1, 0.15) is 0 Å². The standard InChI is InChI=1S/C31H34N4O6/c1-20-27(30(36)40-5)29(23-13-9-14-24(17-23)35(38)39)28(21(2)32-20)31(37)41-26(25-15-10-16-34(25)4)19-33(3)18-22-11-7-6-8-12-22/h6-17,26,29,32H,18-19H2,1-5H3. The molecule has 2 heterocycles. The summed E-state index contributed by atoms with van der Waals surface area (Å²) in [6, 6.07) is 19.7. The Morgan fingerprint density at radius 1 is 1.02 bits per heavy atom. The Bertz CT molecular complexity index is 1510. The summed E-state index contributed by atoms with van der Waals surface area (Å²) in [6.07, 6.45) is 1.24. The average Bonchev–Trinajstić information content (AvgIpc) is 3.38. The number of dihydropyridines is 1. The number of aryl methyl sites for hydroxylation is 1. The number of hydrogen-bond donors (Lipinski definition) is 1. The molecular formula is C31H34N4O6. The summed E-state index contributed by atoms with van der Waals surface area (Å²) in [6.45, 7) is 4.47. The first kappa shape index (κ1) is 29.3. The van der Waals surface area contributed by atoms with E-state index in [4.69, 9.17) is 9.47 Å². The molecule has 10 nitrogen and oxygen atoms in total. The first-order chi connectivity index (χ1) is 19.6. The Kier molecular flexibility index (Phi) is 9.04. The van der Waals surface area contributed by atoms with Crippen molar-refractivity contribution in [3.8, 4) is 0 Å². The number of ether oxygens (including phenoxy) is 2. The van der Waals surface area contributed by atoms with Crippen LogP contribution in [0, 0.1) is 10.1 Å². The first-order valence-electron chi connectivity index (χ1n) is 13.2. The number of hydrogen-bond acceptors (Lipinski definition) is 8. The van der Waals surface area contributed by atoms with Gasteiger partial charge in [-0.1, -0.05) is 42.5 Å². The number of non-ortho nitro benzene ring substituents is 1. The fraction of sp³-hybridized carbons (Fsp3) is 0.290. The normalized spacial score (nSPS) is 15.9. The highest BCUT2D eigenvalue weighted by molar-refractivity contribution is 6.00. The summed E-state index contributed by atoms with van der Waals surface area (Å²) >= 11 is 0. The second-order valence-corrected chi connectivity index (χ2v) is 10.1. The molecule has 0 bridgehead atoms. The molecule has 3 aromatic rings. The van der Waals surface area contributed by atoms with Crippen molar-refractivity contribution in [2.75, 3.05) is 20.7 Å². The van der Waals surface area contributed by atoms with Crippen LogP contribution in [0.25, 0.3) is 0 Å². The van der Waals surface area contributed by atoms with Gasteiger partial charge < -0.3 is 19.4 Å². The van der Waals surface area contributed by atoms with Gasteiger partial charge in [0, 0.05) is 49.9 Å². The number of esters is 2. The SMILES string of the molecule is COC(=O)C1=C(C)NC(C)=C(C(=O)OC(CN(C)Cc2ccccc2)c2cccn2C)C1c1cccc([N+](=O)[O-])c1. The highest BCUT2D eigenvalue weighted by Gasteiger charge is 2.39. The molecule has 1 aliphatic rings. The summed E-state index contributed by atoms with van der Waals surface area (Å²) in [5.74, 6) is -2.22. The zero-order chi connectivity index (χ0) is 29.7. The predicted molar refractivity (Wildman–Crippen MR) is 153 cm³/mol. The third-order valence-electron chi connectivity index (χ3n) is 7.14. The summed E-state index contributed by atoms with van der Waals surface area (Å²) in [5.41, 5.74) is 3.51. The largest absolute Gasteiger partial charge is 0.466 e. The van der Waals surface area contributed by atoms with E-state index in [1.165, 1.54) is 25.3 Å². The maximum Gasteiger partial charge on any atom is 0.337 e. The third-order valence-corrected chi connectivity index (χ3v) is 7.14. The molecule has 1 N–H and O–H groups in total. The molecule has 0 spiro atoms. The van der Waals surface area contributed by atoms with E-state index in [1.54, 1.807) is 19.9 Å². The number of carbonyl (C=O) groups is 2. The number of nitro groups is 1. The van der Waals surface area contributed by atoms with Gasteiger partial charge in [-0.25, -0.2) is 9.59 Å². The van der Waals surface area contributed by atoms with E-state index in [0.29, 0.717) is 30.0 Å². The lowest BCUT2D eigenvalue weighted by molar-refractivity contribution is -0.384. The lowest BCUT2D eigenvalue weighted by Gasteiger charge is -2.32. The third kappa shape index (κ3) is 6.55. The van der Waals surface area contributed by atoms with E-state index in [1.807, 2.05) is 67.3 Å².